The second-order valence-corrected chi connectivity index (χ2v) is 8.56. The van der Waals surface area contributed by atoms with Crippen LogP contribution < -0.4 is 10.1 Å². The molecule has 174 valence electrons. The Hall–Kier alpha value is -2.65. The van der Waals surface area contributed by atoms with Gasteiger partial charge in [0.1, 0.15) is 17.5 Å². The van der Waals surface area contributed by atoms with Crippen molar-refractivity contribution in [3.63, 3.8) is 0 Å². The van der Waals surface area contributed by atoms with Gasteiger partial charge in [0, 0.05) is 51.1 Å². The summed E-state index contributed by atoms with van der Waals surface area (Å²) >= 11 is 0. The van der Waals surface area contributed by atoms with E-state index in [9.17, 15) is 14.4 Å². The average molecular weight is 446 g/mol. The number of nitrogens with one attached hydrogen (secondary N) is 1. The van der Waals surface area contributed by atoms with Crippen molar-refractivity contribution in [1.82, 2.24) is 15.1 Å². The number of methoxy groups -OCH3 is 2. The third kappa shape index (κ3) is 4.45. The summed E-state index contributed by atoms with van der Waals surface area (Å²) in [6.07, 6.45) is 2.87. The second kappa shape index (κ2) is 9.46. The van der Waals surface area contributed by atoms with Crippen LogP contribution in [0.25, 0.3) is 0 Å². The Kier molecular flexibility index (Phi) is 6.66. The molecule has 3 fully saturated rings. The number of nitrogens with zero attached hydrogens (tertiary/aromatic N) is 2. The largest absolute Gasteiger partial charge is 0.497 e. The van der Waals surface area contributed by atoms with Crippen molar-refractivity contribution in [3.8, 4) is 5.75 Å². The lowest BCUT2D eigenvalue weighted by atomic mass is 9.96. The van der Waals surface area contributed by atoms with E-state index in [1.165, 1.54) is 0 Å². The van der Waals surface area contributed by atoms with Crippen molar-refractivity contribution in [2.75, 3.05) is 47.1 Å². The number of rotatable bonds is 7. The van der Waals surface area contributed by atoms with E-state index in [-0.39, 0.29) is 30.2 Å². The zero-order chi connectivity index (χ0) is 22.7. The molecule has 3 aliphatic rings. The normalized spacial score (nSPS) is 22.1. The van der Waals surface area contributed by atoms with Gasteiger partial charge in [-0.25, -0.2) is 0 Å². The number of hydrogen-bond donors (Lipinski definition) is 1. The molecule has 1 spiro atoms. The summed E-state index contributed by atoms with van der Waals surface area (Å²) < 4.78 is 16.5. The van der Waals surface area contributed by atoms with Gasteiger partial charge >= 0.3 is 0 Å². The lowest BCUT2D eigenvalue weighted by Crippen LogP contribution is -2.60. The Morgan fingerprint density at radius 2 is 1.94 bits per heavy atom. The van der Waals surface area contributed by atoms with Gasteiger partial charge in [-0.1, -0.05) is 6.07 Å². The summed E-state index contributed by atoms with van der Waals surface area (Å²) in [5.74, 6) is 0.359. The molecule has 3 amide bonds. The highest BCUT2D eigenvalue weighted by Crippen LogP contribution is 2.40. The van der Waals surface area contributed by atoms with E-state index in [0.29, 0.717) is 50.4 Å². The number of carbonyl (C=O) groups excluding carboxylic acids is 3. The molecule has 1 N–H and O–H groups in total. The van der Waals surface area contributed by atoms with Gasteiger partial charge in [-0.3, -0.25) is 19.3 Å². The number of carbonyl (C=O) groups is 3. The summed E-state index contributed by atoms with van der Waals surface area (Å²) in [7, 11) is 3.11. The third-order valence-electron chi connectivity index (χ3n) is 6.49. The molecule has 4 rings (SSSR count). The first-order valence-corrected chi connectivity index (χ1v) is 11.2. The molecular weight excluding hydrogens is 414 g/mol. The lowest BCUT2D eigenvalue weighted by Gasteiger charge is -2.44. The van der Waals surface area contributed by atoms with Crippen LogP contribution in [0.15, 0.2) is 24.3 Å². The monoisotopic (exact) mass is 445 g/mol. The van der Waals surface area contributed by atoms with E-state index in [2.05, 4.69) is 5.32 Å². The zero-order valence-electron chi connectivity index (χ0n) is 18.7. The Bertz CT molecular complexity index is 863. The predicted molar refractivity (Wildman–Crippen MR) is 115 cm³/mol. The lowest BCUT2D eigenvalue weighted by molar-refractivity contribution is -0.144. The van der Waals surface area contributed by atoms with E-state index in [1.54, 1.807) is 43.4 Å². The molecule has 2 aliphatic heterocycles. The minimum atomic E-state index is -0.913. The van der Waals surface area contributed by atoms with Crippen LogP contribution in [0, 0.1) is 5.92 Å². The van der Waals surface area contributed by atoms with Gasteiger partial charge in [0.05, 0.1) is 20.3 Å². The summed E-state index contributed by atoms with van der Waals surface area (Å²) in [6.45, 7) is 1.87. The summed E-state index contributed by atoms with van der Waals surface area (Å²) in [6, 6.07) is 6.14. The van der Waals surface area contributed by atoms with Crippen LogP contribution in [0.1, 0.15) is 36.0 Å². The molecule has 9 heteroatoms. The van der Waals surface area contributed by atoms with Crippen LogP contribution >= 0.6 is 0 Å². The summed E-state index contributed by atoms with van der Waals surface area (Å²) in [5.41, 5.74) is -0.482. The van der Waals surface area contributed by atoms with Gasteiger partial charge in [-0.2, -0.15) is 0 Å². The van der Waals surface area contributed by atoms with E-state index < -0.39 is 11.8 Å². The second-order valence-electron chi connectivity index (χ2n) is 8.56. The fourth-order valence-electron chi connectivity index (χ4n) is 4.52. The number of hydrogen-bond acceptors (Lipinski definition) is 6. The fraction of sp³-hybridized carbons (Fsp3) is 0.609. The van der Waals surface area contributed by atoms with Crippen LogP contribution in [0.4, 0.5) is 0 Å². The zero-order valence-corrected chi connectivity index (χ0v) is 18.7. The maximum Gasteiger partial charge on any atom is 0.257 e. The van der Waals surface area contributed by atoms with Gasteiger partial charge in [-0.05, 0) is 31.0 Å². The number of benzene rings is 1. The van der Waals surface area contributed by atoms with Crippen LogP contribution in [0.5, 0.6) is 5.75 Å². The van der Waals surface area contributed by atoms with Crippen molar-refractivity contribution in [2.24, 2.45) is 5.92 Å². The van der Waals surface area contributed by atoms with Crippen molar-refractivity contribution < 1.29 is 28.6 Å². The molecule has 1 aliphatic carbocycles. The van der Waals surface area contributed by atoms with E-state index in [0.717, 1.165) is 12.8 Å². The van der Waals surface area contributed by atoms with Crippen molar-refractivity contribution in [1.29, 1.82) is 0 Å². The van der Waals surface area contributed by atoms with Crippen molar-refractivity contribution in [3.05, 3.63) is 29.8 Å². The molecular formula is C23H31N3O6. The van der Waals surface area contributed by atoms with E-state index in [1.807, 2.05) is 4.90 Å². The molecule has 0 bridgehead atoms. The molecule has 32 heavy (non-hydrogen) atoms. The van der Waals surface area contributed by atoms with Crippen LogP contribution in [0.3, 0.4) is 0 Å². The van der Waals surface area contributed by atoms with Gasteiger partial charge in [0.25, 0.3) is 5.91 Å². The molecule has 1 aromatic rings. The van der Waals surface area contributed by atoms with Gasteiger partial charge < -0.3 is 24.4 Å². The Morgan fingerprint density at radius 1 is 1.19 bits per heavy atom. The first-order valence-electron chi connectivity index (χ1n) is 11.2. The highest BCUT2D eigenvalue weighted by molar-refractivity contribution is 5.98. The van der Waals surface area contributed by atoms with E-state index in [4.69, 9.17) is 14.2 Å². The van der Waals surface area contributed by atoms with Crippen molar-refractivity contribution >= 4 is 17.7 Å². The van der Waals surface area contributed by atoms with Gasteiger partial charge in [0.15, 0.2) is 0 Å². The molecule has 2 heterocycles. The molecule has 0 aromatic heterocycles. The smallest absolute Gasteiger partial charge is 0.257 e. The number of piperidine rings is 1. The van der Waals surface area contributed by atoms with Gasteiger partial charge in [-0.15, -0.1) is 0 Å². The number of amides is 3. The van der Waals surface area contributed by atoms with Crippen LogP contribution in [-0.4, -0.2) is 86.4 Å². The van der Waals surface area contributed by atoms with Crippen LogP contribution in [-0.2, 0) is 19.1 Å². The molecule has 1 atom stereocenters. The Morgan fingerprint density at radius 3 is 2.59 bits per heavy atom. The summed E-state index contributed by atoms with van der Waals surface area (Å²) in [5, 5.41) is 2.83. The Labute approximate surface area is 188 Å². The highest BCUT2D eigenvalue weighted by atomic mass is 16.5. The minimum Gasteiger partial charge on any atom is -0.497 e. The Balaban J connectivity index is 1.56. The number of ether oxygens (including phenoxy) is 3. The molecule has 2 saturated heterocycles. The molecule has 9 nitrogen and oxygen atoms in total. The maximum atomic E-state index is 13.7. The average Bonchev–Trinajstić information content (AvgIpc) is 3.61. The first kappa shape index (κ1) is 22.5. The van der Waals surface area contributed by atoms with Crippen LogP contribution in [0.2, 0.25) is 0 Å². The first-order chi connectivity index (χ1) is 15.5. The molecule has 0 unspecified atom stereocenters. The highest BCUT2D eigenvalue weighted by Gasteiger charge is 2.54. The van der Waals surface area contributed by atoms with Crippen molar-refractivity contribution in [2.45, 2.75) is 37.5 Å². The molecule has 1 saturated carbocycles. The maximum absolute atomic E-state index is 13.7. The third-order valence-corrected chi connectivity index (χ3v) is 6.49. The molecule has 1 aromatic carbocycles. The number of likely N-dealkylation sites (tertiary alicyclic amines) is 1. The van der Waals surface area contributed by atoms with Gasteiger partial charge in [0.2, 0.25) is 11.8 Å². The SMILES string of the molecule is COCCNC(=O)[C@H]1COC2(CCN(C(=O)C3CC3)CC2)N1C(=O)c1cccc(OC)c1. The predicted octanol–water partition coefficient (Wildman–Crippen LogP) is 1.03. The fourth-order valence-corrected chi connectivity index (χ4v) is 4.52. The molecule has 0 radical (unpaired) electrons. The van der Waals surface area contributed by atoms with E-state index >= 15 is 0 Å². The minimum absolute atomic E-state index is 0.116. The quantitative estimate of drug-likeness (QED) is 0.630. The summed E-state index contributed by atoms with van der Waals surface area (Å²) in [4.78, 5) is 42.6. The standard InChI is InChI=1S/C23H31N3O6/c1-30-13-10-24-20(27)19-15-32-23(8-11-25(12-9-23)21(28)16-6-7-16)26(19)22(29)17-4-3-5-18(14-17)31-2/h3-5,14,16,19H,6-13,15H2,1-2H3,(H,24,27)/t19-/m1/s1. The topological polar surface area (TPSA) is 97.4 Å².